The van der Waals surface area contributed by atoms with Crippen molar-refractivity contribution in [2.24, 2.45) is 0 Å². The molecule has 3 atom stereocenters. The van der Waals surface area contributed by atoms with Crippen molar-refractivity contribution in [3.63, 3.8) is 0 Å². The lowest BCUT2D eigenvalue weighted by molar-refractivity contribution is -0.116. The van der Waals surface area contributed by atoms with Gasteiger partial charge in [-0.3, -0.25) is 4.79 Å². The van der Waals surface area contributed by atoms with Gasteiger partial charge in [0, 0.05) is 0 Å². The van der Waals surface area contributed by atoms with E-state index in [4.69, 9.17) is 9.84 Å². The molecule has 1 aliphatic carbocycles. The van der Waals surface area contributed by atoms with Crippen LogP contribution in [0.3, 0.4) is 0 Å². The molecule has 0 radical (unpaired) electrons. The first-order valence-electron chi connectivity index (χ1n) is 3.42. The van der Waals surface area contributed by atoms with E-state index < -0.39 is 18.3 Å². The fourth-order valence-electron chi connectivity index (χ4n) is 1.29. The average molecular weight is 156 g/mol. The third-order valence-electron chi connectivity index (χ3n) is 2.01. The number of hydrogen-bond acceptors (Lipinski definition) is 4. The number of rotatable bonds is 1. The fourth-order valence-corrected chi connectivity index (χ4v) is 1.29. The standard InChI is InChI=1S/C7H8O4/c8-2-3-1-4(9)6-7(11-6)5(3)10/h1,5-8,10H,2H2/t5-,6+,7-/m0/s1. The topological polar surface area (TPSA) is 70.1 Å². The molecule has 0 saturated carbocycles. The van der Waals surface area contributed by atoms with E-state index in [-0.39, 0.29) is 12.4 Å². The van der Waals surface area contributed by atoms with Crippen LogP contribution in [0, 0.1) is 0 Å². The number of hydrogen-bond donors (Lipinski definition) is 2. The van der Waals surface area contributed by atoms with E-state index in [1.54, 1.807) is 0 Å². The monoisotopic (exact) mass is 156 g/mol. The van der Waals surface area contributed by atoms with E-state index in [9.17, 15) is 9.90 Å². The van der Waals surface area contributed by atoms with Gasteiger partial charge in [0.25, 0.3) is 0 Å². The zero-order valence-corrected chi connectivity index (χ0v) is 5.73. The summed E-state index contributed by atoms with van der Waals surface area (Å²) in [4.78, 5) is 10.9. The molecule has 1 heterocycles. The normalized spacial score (nSPS) is 41.5. The van der Waals surface area contributed by atoms with Crippen molar-refractivity contribution in [1.82, 2.24) is 0 Å². The minimum Gasteiger partial charge on any atom is -0.392 e. The Morgan fingerprint density at radius 2 is 2.36 bits per heavy atom. The van der Waals surface area contributed by atoms with Crippen LogP contribution in [0.1, 0.15) is 0 Å². The molecule has 0 aromatic heterocycles. The molecule has 2 aliphatic rings. The van der Waals surface area contributed by atoms with Gasteiger partial charge in [0.1, 0.15) is 18.3 Å². The Morgan fingerprint density at radius 1 is 1.64 bits per heavy atom. The molecular weight excluding hydrogens is 148 g/mol. The summed E-state index contributed by atoms with van der Waals surface area (Å²) in [6, 6.07) is 0. The molecular formula is C7H8O4. The highest BCUT2D eigenvalue weighted by molar-refractivity contribution is 5.98. The number of aliphatic hydroxyl groups is 2. The number of epoxide rings is 1. The van der Waals surface area contributed by atoms with E-state index in [2.05, 4.69) is 0 Å². The fraction of sp³-hybridized carbons (Fsp3) is 0.571. The second-order valence-electron chi connectivity index (χ2n) is 2.75. The van der Waals surface area contributed by atoms with Gasteiger partial charge in [-0.25, -0.2) is 0 Å². The van der Waals surface area contributed by atoms with Gasteiger partial charge in [-0.05, 0) is 11.6 Å². The summed E-state index contributed by atoms with van der Waals surface area (Å²) in [7, 11) is 0. The molecule has 1 fully saturated rings. The first-order chi connectivity index (χ1) is 5.24. The Bertz CT molecular complexity index is 233. The Labute approximate surface area is 63.1 Å². The third-order valence-corrected chi connectivity index (χ3v) is 2.01. The first-order valence-corrected chi connectivity index (χ1v) is 3.42. The van der Waals surface area contributed by atoms with Gasteiger partial charge in [-0.1, -0.05) is 0 Å². The highest BCUT2D eigenvalue weighted by atomic mass is 16.6. The lowest BCUT2D eigenvalue weighted by atomic mass is 9.96. The van der Waals surface area contributed by atoms with Crippen molar-refractivity contribution >= 4 is 5.78 Å². The van der Waals surface area contributed by atoms with Crippen LogP contribution in [0.4, 0.5) is 0 Å². The number of carbonyl (C=O) groups excluding carboxylic acids is 1. The molecule has 0 spiro atoms. The Hall–Kier alpha value is -0.710. The molecule has 0 bridgehead atoms. The summed E-state index contributed by atoms with van der Waals surface area (Å²) in [5.41, 5.74) is 0.355. The molecule has 11 heavy (non-hydrogen) atoms. The lowest BCUT2D eigenvalue weighted by Crippen LogP contribution is -2.29. The van der Waals surface area contributed by atoms with Crippen molar-refractivity contribution in [2.45, 2.75) is 18.3 Å². The Morgan fingerprint density at radius 3 is 3.00 bits per heavy atom. The summed E-state index contributed by atoms with van der Waals surface area (Å²) in [5, 5.41) is 18.0. The highest BCUT2D eigenvalue weighted by Crippen LogP contribution is 2.33. The maximum absolute atomic E-state index is 10.9. The van der Waals surface area contributed by atoms with Crippen molar-refractivity contribution in [1.29, 1.82) is 0 Å². The summed E-state index contributed by atoms with van der Waals surface area (Å²) in [6.45, 7) is -0.278. The SMILES string of the molecule is O=C1C=C(CO)[C@H](O)[C@@H]2O[C@H]12. The minimum absolute atomic E-state index is 0.149. The van der Waals surface area contributed by atoms with E-state index >= 15 is 0 Å². The summed E-state index contributed by atoms with van der Waals surface area (Å²) < 4.78 is 4.87. The molecule has 0 amide bonds. The van der Waals surface area contributed by atoms with E-state index in [0.717, 1.165) is 0 Å². The summed E-state index contributed by atoms with van der Waals surface area (Å²) >= 11 is 0. The largest absolute Gasteiger partial charge is 0.392 e. The molecule has 4 heteroatoms. The van der Waals surface area contributed by atoms with Crippen LogP contribution in [0.2, 0.25) is 0 Å². The van der Waals surface area contributed by atoms with Gasteiger partial charge in [-0.2, -0.15) is 0 Å². The maximum Gasteiger partial charge on any atom is 0.187 e. The smallest absolute Gasteiger partial charge is 0.187 e. The number of ketones is 1. The summed E-state index contributed by atoms with van der Waals surface area (Å²) in [6.07, 6.45) is -0.364. The maximum atomic E-state index is 10.9. The molecule has 1 saturated heterocycles. The Balaban J connectivity index is 2.25. The second-order valence-corrected chi connectivity index (χ2v) is 2.75. The number of aliphatic hydroxyl groups excluding tert-OH is 2. The molecule has 4 nitrogen and oxygen atoms in total. The number of fused-ring (bicyclic) bond motifs is 1. The van der Waals surface area contributed by atoms with Gasteiger partial charge < -0.3 is 14.9 Å². The van der Waals surface area contributed by atoms with Crippen molar-refractivity contribution in [2.75, 3.05) is 6.61 Å². The Kier molecular flexibility index (Phi) is 1.35. The van der Waals surface area contributed by atoms with Crippen molar-refractivity contribution in [3.05, 3.63) is 11.6 Å². The minimum atomic E-state index is -0.789. The van der Waals surface area contributed by atoms with Gasteiger partial charge in [0.2, 0.25) is 0 Å². The van der Waals surface area contributed by atoms with Gasteiger partial charge >= 0.3 is 0 Å². The number of ether oxygens (including phenoxy) is 1. The van der Waals surface area contributed by atoms with Gasteiger partial charge in [-0.15, -0.1) is 0 Å². The zero-order chi connectivity index (χ0) is 8.01. The molecule has 60 valence electrons. The second kappa shape index (κ2) is 2.14. The van der Waals surface area contributed by atoms with Crippen LogP contribution in [0.5, 0.6) is 0 Å². The molecule has 0 unspecified atom stereocenters. The van der Waals surface area contributed by atoms with Crippen molar-refractivity contribution in [3.8, 4) is 0 Å². The lowest BCUT2D eigenvalue weighted by Gasteiger charge is -2.12. The van der Waals surface area contributed by atoms with Crippen LogP contribution in [0.25, 0.3) is 0 Å². The highest BCUT2D eigenvalue weighted by Gasteiger charge is 2.52. The molecule has 2 rings (SSSR count). The molecule has 1 aliphatic heterocycles. The van der Waals surface area contributed by atoms with Gasteiger partial charge in [0.15, 0.2) is 5.78 Å². The predicted octanol–water partition coefficient (Wildman–Crippen LogP) is -1.38. The molecule has 0 aromatic rings. The van der Waals surface area contributed by atoms with E-state index in [1.165, 1.54) is 6.08 Å². The van der Waals surface area contributed by atoms with E-state index in [0.29, 0.717) is 5.57 Å². The summed E-state index contributed by atoms with van der Waals surface area (Å²) in [5.74, 6) is -0.149. The van der Waals surface area contributed by atoms with Crippen LogP contribution in [0.15, 0.2) is 11.6 Å². The molecule has 0 aromatic carbocycles. The van der Waals surface area contributed by atoms with Crippen LogP contribution < -0.4 is 0 Å². The van der Waals surface area contributed by atoms with E-state index in [1.807, 2.05) is 0 Å². The average Bonchev–Trinajstić information content (AvgIpc) is 2.75. The quantitative estimate of drug-likeness (QED) is 0.459. The first kappa shape index (κ1) is 6.97. The predicted molar refractivity (Wildman–Crippen MR) is 34.8 cm³/mol. The van der Waals surface area contributed by atoms with Crippen LogP contribution in [-0.4, -0.2) is 40.9 Å². The van der Waals surface area contributed by atoms with Crippen LogP contribution in [-0.2, 0) is 9.53 Å². The van der Waals surface area contributed by atoms with Crippen LogP contribution >= 0.6 is 0 Å². The molecule has 2 N–H and O–H groups in total. The number of carbonyl (C=O) groups is 1. The van der Waals surface area contributed by atoms with Gasteiger partial charge in [0.05, 0.1) is 6.61 Å². The third kappa shape index (κ3) is 0.910. The van der Waals surface area contributed by atoms with Crippen molar-refractivity contribution < 1.29 is 19.7 Å². The zero-order valence-electron chi connectivity index (χ0n) is 5.73.